The van der Waals surface area contributed by atoms with Gasteiger partial charge in [-0.05, 0) is 13.3 Å². The first-order valence-corrected chi connectivity index (χ1v) is 8.37. The topological polar surface area (TPSA) is 53.3 Å². The van der Waals surface area contributed by atoms with Gasteiger partial charge in [-0.15, -0.1) is 0 Å². The minimum atomic E-state index is 0.479. The summed E-state index contributed by atoms with van der Waals surface area (Å²) in [5.74, 6) is 1.92. The van der Waals surface area contributed by atoms with Crippen LogP contribution in [-0.2, 0) is 13.6 Å². The Hall–Kier alpha value is -2.15. The molecule has 7 nitrogen and oxygen atoms in total. The first-order chi connectivity index (χ1) is 11.4. The molecule has 1 aliphatic heterocycles. The van der Waals surface area contributed by atoms with Crippen molar-refractivity contribution in [2.24, 2.45) is 7.05 Å². The molecule has 0 saturated carbocycles. The SMILES string of the molecule is Cc1nn(C)cc1CN1CCC(N(C)c2cc(N(C)C)ncn2)C1. The van der Waals surface area contributed by atoms with E-state index in [1.54, 1.807) is 6.33 Å². The molecule has 24 heavy (non-hydrogen) atoms. The predicted octanol–water partition coefficient (Wildman–Crippen LogP) is 1.30. The van der Waals surface area contributed by atoms with Gasteiger partial charge in [0, 0.05) is 71.7 Å². The summed E-state index contributed by atoms with van der Waals surface area (Å²) in [6.45, 7) is 5.20. The van der Waals surface area contributed by atoms with Gasteiger partial charge in [0.15, 0.2) is 0 Å². The summed E-state index contributed by atoms with van der Waals surface area (Å²) in [6, 6.07) is 2.53. The number of anilines is 2. The maximum absolute atomic E-state index is 4.45. The fraction of sp³-hybridized carbons (Fsp3) is 0.588. The minimum absolute atomic E-state index is 0.479. The van der Waals surface area contributed by atoms with E-state index < -0.39 is 0 Å². The van der Waals surface area contributed by atoms with Crippen molar-refractivity contribution in [3.63, 3.8) is 0 Å². The number of hydrogen-bond acceptors (Lipinski definition) is 6. The quantitative estimate of drug-likeness (QED) is 0.824. The highest BCUT2D eigenvalue weighted by Gasteiger charge is 2.27. The molecule has 7 heteroatoms. The van der Waals surface area contributed by atoms with Crippen molar-refractivity contribution >= 4 is 11.6 Å². The van der Waals surface area contributed by atoms with E-state index in [0.29, 0.717) is 6.04 Å². The Labute approximate surface area is 143 Å². The molecule has 1 unspecified atom stereocenters. The predicted molar refractivity (Wildman–Crippen MR) is 96.4 cm³/mol. The third kappa shape index (κ3) is 3.51. The molecule has 0 aliphatic carbocycles. The van der Waals surface area contributed by atoms with Gasteiger partial charge < -0.3 is 9.80 Å². The average molecular weight is 329 g/mol. The van der Waals surface area contributed by atoms with Gasteiger partial charge in [0.2, 0.25) is 0 Å². The van der Waals surface area contributed by atoms with Crippen LogP contribution in [0.25, 0.3) is 0 Å². The van der Waals surface area contributed by atoms with Gasteiger partial charge in [-0.1, -0.05) is 0 Å². The van der Waals surface area contributed by atoms with E-state index in [-0.39, 0.29) is 0 Å². The van der Waals surface area contributed by atoms with E-state index in [2.05, 4.69) is 45.0 Å². The second-order valence-corrected chi connectivity index (χ2v) is 6.83. The molecule has 1 aliphatic rings. The highest BCUT2D eigenvalue weighted by atomic mass is 15.3. The van der Waals surface area contributed by atoms with Gasteiger partial charge in [0.25, 0.3) is 0 Å². The summed E-state index contributed by atoms with van der Waals surface area (Å²) in [5, 5.41) is 4.44. The number of rotatable bonds is 5. The lowest BCUT2D eigenvalue weighted by Crippen LogP contribution is -2.35. The fourth-order valence-electron chi connectivity index (χ4n) is 3.28. The van der Waals surface area contributed by atoms with Crippen LogP contribution in [0.3, 0.4) is 0 Å². The van der Waals surface area contributed by atoms with Crippen LogP contribution in [-0.4, -0.2) is 64.9 Å². The first-order valence-electron chi connectivity index (χ1n) is 8.37. The maximum atomic E-state index is 4.45. The van der Waals surface area contributed by atoms with E-state index in [1.807, 2.05) is 36.8 Å². The zero-order valence-corrected chi connectivity index (χ0v) is 15.3. The van der Waals surface area contributed by atoms with Crippen LogP contribution >= 0.6 is 0 Å². The van der Waals surface area contributed by atoms with E-state index in [4.69, 9.17) is 0 Å². The molecule has 130 valence electrons. The summed E-state index contributed by atoms with van der Waals surface area (Å²) in [6.07, 6.45) is 4.92. The number of nitrogens with zero attached hydrogens (tertiary/aromatic N) is 7. The largest absolute Gasteiger partial charge is 0.363 e. The average Bonchev–Trinajstić information content (AvgIpc) is 3.14. The Morgan fingerprint density at radius 2 is 1.96 bits per heavy atom. The normalized spacial score (nSPS) is 18.1. The summed E-state index contributed by atoms with van der Waals surface area (Å²) in [4.78, 5) is 15.5. The Kier molecular flexibility index (Phi) is 4.71. The second-order valence-electron chi connectivity index (χ2n) is 6.83. The van der Waals surface area contributed by atoms with Crippen molar-refractivity contribution in [3.8, 4) is 0 Å². The molecule has 1 atom stereocenters. The van der Waals surface area contributed by atoms with Crippen molar-refractivity contribution in [3.05, 3.63) is 29.8 Å². The summed E-state index contributed by atoms with van der Waals surface area (Å²) < 4.78 is 1.90. The summed E-state index contributed by atoms with van der Waals surface area (Å²) >= 11 is 0. The molecule has 1 fully saturated rings. The number of hydrogen-bond donors (Lipinski definition) is 0. The Morgan fingerprint density at radius 1 is 1.21 bits per heavy atom. The molecule has 0 radical (unpaired) electrons. The third-order valence-electron chi connectivity index (χ3n) is 4.76. The van der Waals surface area contributed by atoms with E-state index in [9.17, 15) is 0 Å². The van der Waals surface area contributed by atoms with Crippen LogP contribution < -0.4 is 9.80 Å². The number of likely N-dealkylation sites (tertiary alicyclic amines) is 1. The number of likely N-dealkylation sites (N-methyl/N-ethyl adjacent to an activating group) is 1. The Balaban J connectivity index is 1.64. The molecule has 2 aromatic rings. The molecule has 0 bridgehead atoms. The standard InChI is InChI=1S/C17H27N7/c1-13-14(9-22(4)20-13)10-24-7-6-15(11-24)23(5)17-8-16(21(2)3)18-12-19-17/h8-9,12,15H,6-7,10-11H2,1-5H3. The van der Waals surface area contributed by atoms with Gasteiger partial charge in [-0.3, -0.25) is 9.58 Å². The van der Waals surface area contributed by atoms with Crippen LogP contribution in [0.5, 0.6) is 0 Å². The molecular weight excluding hydrogens is 302 g/mol. The van der Waals surface area contributed by atoms with Gasteiger partial charge in [0.05, 0.1) is 5.69 Å². The van der Waals surface area contributed by atoms with Crippen molar-refractivity contribution in [2.45, 2.75) is 25.9 Å². The van der Waals surface area contributed by atoms with Crippen molar-refractivity contribution < 1.29 is 0 Å². The molecule has 0 spiro atoms. The summed E-state index contributed by atoms with van der Waals surface area (Å²) in [7, 11) is 8.11. The molecule has 0 amide bonds. The molecule has 2 aromatic heterocycles. The minimum Gasteiger partial charge on any atom is -0.363 e. The van der Waals surface area contributed by atoms with Crippen LogP contribution in [0.4, 0.5) is 11.6 Å². The molecule has 0 aromatic carbocycles. The molecule has 1 saturated heterocycles. The molecule has 3 rings (SSSR count). The zero-order chi connectivity index (χ0) is 17.3. The van der Waals surface area contributed by atoms with Crippen LogP contribution in [0, 0.1) is 6.92 Å². The second kappa shape index (κ2) is 6.76. The number of aryl methyl sites for hydroxylation is 2. The molecule has 0 N–H and O–H groups in total. The van der Waals surface area contributed by atoms with Gasteiger partial charge in [-0.2, -0.15) is 5.10 Å². The fourth-order valence-corrected chi connectivity index (χ4v) is 3.28. The molecular formula is C17H27N7. The third-order valence-corrected chi connectivity index (χ3v) is 4.76. The van der Waals surface area contributed by atoms with Crippen molar-refractivity contribution in [1.29, 1.82) is 0 Å². The lowest BCUT2D eigenvalue weighted by molar-refractivity contribution is 0.325. The van der Waals surface area contributed by atoms with E-state index in [0.717, 1.165) is 43.4 Å². The first kappa shape index (κ1) is 16.7. The zero-order valence-electron chi connectivity index (χ0n) is 15.3. The Bertz CT molecular complexity index is 694. The van der Waals surface area contributed by atoms with E-state index in [1.165, 1.54) is 5.56 Å². The maximum Gasteiger partial charge on any atom is 0.134 e. The summed E-state index contributed by atoms with van der Waals surface area (Å²) in [5.41, 5.74) is 2.44. The van der Waals surface area contributed by atoms with Crippen LogP contribution in [0.2, 0.25) is 0 Å². The van der Waals surface area contributed by atoms with Gasteiger partial charge >= 0.3 is 0 Å². The smallest absolute Gasteiger partial charge is 0.134 e. The highest BCUT2D eigenvalue weighted by molar-refractivity contribution is 5.49. The number of aromatic nitrogens is 4. The lowest BCUT2D eigenvalue weighted by atomic mass is 10.2. The highest BCUT2D eigenvalue weighted by Crippen LogP contribution is 2.23. The molecule has 3 heterocycles. The van der Waals surface area contributed by atoms with Gasteiger partial charge in [0.1, 0.15) is 18.0 Å². The van der Waals surface area contributed by atoms with E-state index >= 15 is 0 Å². The van der Waals surface area contributed by atoms with Crippen molar-refractivity contribution in [2.75, 3.05) is 44.0 Å². The van der Waals surface area contributed by atoms with Crippen LogP contribution in [0.1, 0.15) is 17.7 Å². The Morgan fingerprint density at radius 3 is 2.62 bits per heavy atom. The van der Waals surface area contributed by atoms with Crippen molar-refractivity contribution in [1.82, 2.24) is 24.6 Å². The van der Waals surface area contributed by atoms with Gasteiger partial charge in [-0.25, -0.2) is 9.97 Å². The monoisotopic (exact) mass is 329 g/mol. The lowest BCUT2D eigenvalue weighted by Gasteiger charge is -2.26. The van der Waals surface area contributed by atoms with Crippen LogP contribution in [0.15, 0.2) is 18.6 Å².